The van der Waals surface area contributed by atoms with Crippen molar-refractivity contribution in [1.29, 1.82) is 0 Å². The standard InChI is InChI=1S/C19H24FN3O3/c1-24-16-9-14(8-15(20)11-16)12-23-19(21)22-7-6-13-4-5-17(25-2)18(10-13)26-3/h4-5,8-11H,6-7,12H2,1-3H3,(H3,21,22,23). The molecule has 0 atom stereocenters. The van der Waals surface area contributed by atoms with Gasteiger partial charge in [0.15, 0.2) is 17.5 Å². The molecule has 140 valence electrons. The Morgan fingerprint density at radius 2 is 1.77 bits per heavy atom. The van der Waals surface area contributed by atoms with Gasteiger partial charge < -0.3 is 25.3 Å². The zero-order chi connectivity index (χ0) is 18.9. The molecule has 6 nitrogen and oxygen atoms in total. The lowest BCUT2D eigenvalue weighted by molar-refractivity contribution is 0.354. The largest absolute Gasteiger partial charge is 0.497 e. The molecule has 2 aromatic rings. The average Bonchev–Trinajstić information content (AvgIpc) is 2.65. The Morgan fingerprint density at radius 1 is 1.00 bits per heavy atom. The summed E-state index contributed by atoms with van der Waals surface area (Å²) in [7, 11) is 4.70. The van der Waals surface area contributed by atoms with E-state index in [1.807, 2.05) is 18.2 Å². The predicted molar refractivity (Wildman–Crippen MR) is 99.5 cm³/mol. The smallest absolute Gasteiger partial charge is 0.188 e. The minimum Gasteiger partial charge on any atom is -0.497 e. The van der Waals surface area contributed by atoms with Gasteiger partial charge in [-0.05, 0) is 41.8 Å². The first-order chi connectivity index (χ1) is 12.5. The van der Waals surface area contributed by atoms with Gasteiger partial charge in [0.05, 0.1) is 27.9 Å². The highest BCUT2D eigenvalue weighted by Gasteiger charge is 2.05. The van der Waals surface area contributed by atoms with Crippen molar-refractivity contribution in [1.82, 2.24) is 5.32 Å². The van der Waals surface area contributed by atoms with Crippen LogP contribution in [0, 0.1) is 5.82 Å². The number of nitrogens with two attached hydrogens (primary N) is 1. The third-order valence-electron chi connectivity index (χ3n) is 3.77. The van der Waals surface area contributed by atoms with Crippen molar-refractivity contribution < 1.29 is 18.6 Å². The summed E-state index contributed by atoms with van der Waals surface area (Å²) in [6, 6.07) is 10.2. The summed E-state index contributed by atoms with van der Waals surface area (Å²) in [5.41, 5.74) is 7.63. The van der Waals surface area contributed by atoms with Crippen LogP contribution in [-0.4, -0.2) is 33.8 Å². The van der Waals surface area contributed by atoms with E-state index >= 15 is 0 Å². The average molecular weight is 361 g/mol. The number of ether oxygens (including phenoxy) is 3. The normalized spacial score (nSPS) is 11.2. The van der Waals surface area contributed by atoms with E-state index in [9.17, 15) is 4.39 Å². The van der Waals surface area contributed by atoms with Crippen LogP contribution >= 0.6 is 0 Å². The SMILES string of the molecule is COc1cc(F)cc(CN=C(N)NCCc2ccc(OC)c(OC)c2)c1. The summed E-state index contributed by atoms with van der Waals surface area (Å²) >= 11 is 0. The Hall–Kier alpha value is -2.96. The Morgan fingerprint density at radius 3 is 2.46 bits per heavy atom. The van der Waals surface area contributed by atoms with Crippen molar-refractivity contribution in [3.8, 4) is 17.2 Å². The maximum absolute atomic E-state index is 13.5. The first-order valence-electron chi connectivity index (χ1n) is 8.14. The molecule has 0 bridgehead atoms. The summed E-state index contributed by atoms with van der Waals surface area (Å²) in [5.74, 6) is 1.76. The molecule has 0 heterocycles. The highest BCUT2D eigenvalue weighted by Crippen LogP contribution is 2.27. The van der Waals surface area contributed by atoms with Gasteiger partial charge in [-0.1, -0.05) is 6.07 Å². The van der Waals surface area contributed by atoms with Crippen molar-refractivity contribution >= 4 is 5.96 Å². The summed E-state index contributed by atoms with van der Waals surface area (Å²) in [5, 5.41) is 3.04. The first kappa shape index (κ1) is 19.4. The molecule has 7 heteroatoms. The van der Waals surface area contributed by atoms with Crippen molar-refractivity contribution in [2.75, 3.05) is 27.9 Å². The maximum atomic E-state index is 13.5. The number of nitrogens with one attached hydrogen (secondary N) is 1. The maximum Gasteiger partial charge on any atom is 0.188 e. The van der Waals surface area contributed by atoms with Crippen LogP contribution < -0.4 is 25.3 Å². The van der Waals surface area contributed by atoms with E-state index in [2.05, 4.69) is 10.3 Å². The van der Waals surface area contributed by atoms with Crippen molar-refractivity contribution in [2.45, 2.75) is 13.0 Å². The van der Waals surface area contributed by atoms with Crippen LogP contribution in [0.4, 0.5) is 4.39 Å². The Bertz CT molecular complexity index is 766. The van der Waals surface area contributed by atoms with Gasteiger partial charge in [-0.2, -0.15) is 0 Å². The van der Waals surface area contributed by atoms with Crippen molar-refractivity contribution in [3.05, 3.63) is 53.3 Å². The Balaban J connectivity index is 1.87. The monoisotopic (exact) mass is 361 g/mol. The van der Waals surface area contributed by atoms with Crippen LogP contribution in [0.15, 0.2) is 41.4 Å². The fourth-order valence-corrected chi connectivity index (χ4v) is 2.43. The molecule has 2 rings (SSSR count). The number of hydrogen-bond acceptors (Lipinski definition) is 4. The quantitative estimate of drug-likeness (QED) is 0.558. The molecule has 0 unspecified atom stereocenters. The van der Waals surface area contributed by atoms with Crippen molar-refractivity contribution in [3.63, 3.8) is 0 Å². The second kappa shape index (κ2) is 9.50. The molecule has 0 aliphatic heterocycles. The van der Waals surface area contributed by atoms with Crippen molar-refractivity contribution in [2.24, 2.45) is 10.7 Å². The van der Waals surface area contributed by atoms with Gasteiger partial charge in [-0.15, -0.1) is 0 Å². The lowest BCUT2D eigenvalue weighted by Crippen LogP contribution is -2.33. The Kier molecular flexibility index (Phi) is 7.08. The second-order valence-corrected chi connectivity index (χ2v) is 5.57. The molecule has 0 saturated carbocycles. The van der Waals surface area contributed by atoms with Gasteiger partial charge in [-0.25, -0.2) is 9.38 Å². The van der Waals surface area contributed by atoms with Crippen LogP contribution in [0.5, 0.6) is 17.2 Å². The number of hydrogen-bond donors (Lipinski definition) is 2. The van der Waals surface area contributed by atoms with E-state index in [0.717, 1.165) is 12.0 Å². The predicted octanol–water partition coefficient (Wildman–Crippen LogP) is 2.50. The van der Waals surface area contributed by atoms with E-state index in [1.54, 1.807) is 20.3 Å². The zero-order valence-corrected chi connectivity index (χ0v) is 15.2. The summed E-state index contributed by atoms with van der Waals surface area (Å²) < 4.78 is 29.0. The van der Waals surface area contributed by atoms with Crippen LogP contribution in [0.25, 0.3) is 0 Å². The van der Waals surface area contributed by atoms with E-state index in [-0.39, 0.29) is 12.4 Å². The summed E-state index contributed by atoms with van der Waals surface area (Å²) in [4.78, 5) is 4.22. The van der Waals surface area contributed by atoms with Gasteiger partial charge in [0.25, 0.3) is 0 Å². The van der Waals surface area contributed by atoms with E-state index in [0.29, 0.717) is 35.3 Å². The summed E-state index contributed by atoms with van der Waals surface area (Å²) in [6.45, 7) is 0.876. The van der Waals surface area contributed by atoms with E-state index in [1.165, 1.54) is 19.2 Å². The van der Waals surface area contributed by atoms with Crippen LogP contribution in [0.3, 0.4) is 0 Å². The Labute approximate surface area is 152 Å². The molecule has 0 spiro atoms. The molecule has 0 radical (unpaired) electrons. The van der Waals surface area contributed by atoms with Crippen LogP contribution in [0.2, 0.25) is 0 Å². The molecule has 2 aromatic carbocycles. The molecule has 0 saturated heterocycles. The van der Waals surface area contributed by atoms with Gasteiger partial charge in [0.1, 0.15) is 11.6 Å². The number of guanidine groups is 1. The highest BCUT2D eigenvalue weighted by molar-refractivity contribution is 5.77. The number of halogens is 1. The molecule has 0 amide bonds. The molecule has 3 N–H and O–H groups in total. The molecule has 0 aliphatic rings. The molecule has 0 aliphatic carbocycles. The van der Waals surface area contributed by atoms with Gasteiger partial charge in [0.2, 0.25) is 0 Å². The molecular formula is C19H24FN3O3. The number of nitrogens with zero attached hydrogens (tertiary/aromatic N) is 1. The highest BCUT2D eigenvalue weighted by atomic mass is 19.1. The number of benzene rings is 2. The summed E-state index contributed by atoms with van der Waals surface area (Å²) in [6.07, 6.45) is 0.740. The number of aliphatic imine (C=N–C) groups is 1. The number of methoxy groups -OCH3 is 3. The molecule has 0 aromatic heterocycles. The zero-order valence-electron chi connectivity index (χ0n) is 15.2. The number of rotatable bonds is 8. The minimum atomic E-state index is -0.366. The van der Waals surface area contributed by atoms with Crippen LogP contribution in [-0.2, 0) is 13.0 Å². The fraction of sp³-hybridized carbons (Fsp3) is 0.316. The fourth-order valence-electron chi connectivity index (χ4n) is 2.43. The third-order valence-corrected chi connectivity index (χ3v) is 3.77. The first-order valence-corrected chi connectivity index (χ1v) is 8.14. The van der Waals surface area contributed by atoms with Gasteiger partial charge in [0, 0.05) is 12.6 Å². The molecular weight excluding hydrogens is 337 g/mol. The third kappa shape index (κ3) is 5.54. The van der Waals surface area contributed by atoms with Crippen LogP contribution in [0.1, 0.15) is 11.1 Å². The topological polar surface area (TPSA) is 78.1 Å². The lowest BCUT2D eigenvalue weighted by Gasteiger charge is -2.10. The lowest BCUT2D eigenvalue weighted by atomic mass is 10.1. The van der Waals surface area contributed by atoms with Gasteiger partial charge in [-0.3, -0.25) is 0 Å². The molecule has 0 fully saturated rings. The van der Waals surface area contributed by atoms with E-state index < -0.39 is 0 Å². The van der Waals surface area contributed by atoms with Gasteiger partial charge >= 0.3 is 0 Å². The second-order valence-electron chi connectivity index (χ2n) is 5.57. The van der Waals surface area contributed by atoms with E-state index in [4.69, 9.17) is 19.9 Å². The molecule has 26 heavy (non-hydrogen) atoms. The minimum absolute atomic E-state index is 0.267.